The summed E-state index contributed by atoms with van der Waals surface area (Å²) in [5.41, 5.74) is 0.876. The Labute approximate surface area is 99.2 Å². The summed E-state index contributed by atoms with van der Waals surface area (Å²) in [5.74, 6) is -0.603. The maximum atomic E-state index is 5.87. The Morgan fingerprint density at radius 3 is 2.76 bits per heavy atom. The lowest BCUT2D eigenvalue weighted by molar-refractivity contribution is -0.228. The molecule has 2 aliphatic rings. The van der Waals surface area contributed by atoms with Crippen LogP contribution >= 0.6 is 0 Å². The van der Waals surface area contributed by atoms with Crippen molar-refractivity contribution >= 4 is 0 Å². The van der Waals surface area contributed by atoms with Crippen molar-refractivity contribution in [1.29, 1.82) is 0 Å². The minimum absolute atomic E-state index is 0.171. The van der Waals surface area contributed by atoms with E-state index in [-0.39, 0.29) is 18.3 Å². The van der Waals surface area contributed by atoms with E-state index < -0.39 is 12.1 Å². The number of aromatic amines is 1. The summed E-state index contributed by atoms with van der Waals surface area (Å²) in [6.45, 7) is 3.78. The highest BCUT2D eigenvalue weighted by molar-refractivity contribution is 5.10. The normalized spacial score (nSPS) is 39.5. The molecule has 2 unspecified atom stereocenters. The van der Waals surface area contributed by atoms with E-state index in [1.165, 1.54) is 0 Å². The van der Waals surface area contributed by atoms with Gasteiger partial charge < -0.3 is 18.9 Å². The van der Waals surface area contributed by atoms with Gasteiger partial charge in [-0.05, 0) is 19.9 Å². The number of nitrogens with zero attached hydrogens (tertiary/aromatic N) is 1. The van der Waals surface area contributed by atoms with Gasteiger partial charge in [0.1, 0.15) is 18.3 Å². The first-order valence-corrected chi connectivity index (χ1v) is 5.64. The molecule has 0 aliphatic carbocycles. The van der Waals surface area contributed by atoms with Crippen molar-refractivity contribution in [3.63, 3.8) is 0 Å². The monoisotopic (exact) mass is 240 g/mol. The Balaban J connectivity index is 1.88. The number of rotatable bonds is 2. The molecule has 0 saturated carbocycles. The van der Waals surface area contributed by atoms with Gasteiger partial charge in [-0.15, -0.1) is 0 Å². The van der Waals surface area contributed by atoms with Crippen LogP contribution in [0.2, 0.25) is 0 Å². The second kappa shape index (κ2) is 3.78. The van der Waals surface area contributed by atoms with Gasteiger partial charge in [0.05, 0.1) is 5.69 Å². The van der Waals surface area contributed by atoms with Gasteiger partial charge in [-0.25, -0.2) is 0 Å². The van der Waals surface area contributed by atoms with Gasteiger partial charge in [0.15, 0.2) is 12.1 Å². The molecule has 3 heterocycles. The second-order valence-electron chi connectivity index (χ2n) is 4.74. The molecule has 17 heavy (non-hydrogen) atoms. The first-order valence-electron chi connectivity index (χ1n) is 5.64. The first kappa shape index (κ1) is 11.2. The van der Waals surface area contributed by atoms with E-state index in [9.17, 15) is 0 Å². The Morgan fingerprint density at radius 1 is 1.35 bits per heavy atom. The van der Waals surface area contributed by atoms with E-state index in [1.54, 1.807) is 13.3 Å². The number of ether oxygens (including phenoxy) is 4. The maximum absolute atomic E-state index is 5.87. The van der Waals surface area contributed by atoms with Crippen LogP contribution in [0.25, 0.3) is 0 Å². The number of hydrogen-bond donors (Lipinski definition) is 1. The van der Waals surface area contributed by atoms with Gasteiger partial charge in [0.2, 0.25) is 0 Å². The Kier molecular flexibility index (Phi) is 2.48. The molecule has 1 aromatic heterocycles. The third-order valence-corrected chi connectivity index (χ3v) is 3.07. The average molecular weight is 240 g/mol. The van der Waals surface area contributed by atoms with Crippen molar-refractivity contribution < 1.29 is 18.9 Å². The maximum Gasteiger partial charge on any atom is 0.187 e. The lowest BCUT2D eigenvalue weighted by atomic mass is 10.1. The molecule has 1 aromatic rings. The average Bonchev–Trinajstić information content (AvgIpc) is 2.91. The van der Waals surface area contributed by atoms with E-state index in [0.29, 0.717) is 0 Å². The van der Waals surface area contributed by atoms with Gasteiger partial charge >= 0.3 is 0 Å². The molecule has 1 N–H and O–H groups in total. The molecular formula is C11H16N2O4. The van der Waals surface area contributed by atoms with Gasteiger partial charge in [-0.1, -0.05) is 0 Å². The molecule has 2 fully saturated rings. The summed E-state index contributed by atoms with van der Waals surface area (Å²) in [4.78, 5) is 0. The van der Waals surface area contributed by atoms with Crippen molar-refractivity contribution in [3.8, 4) is 0 Å². The van der Waals surface area contributed by atoms with Crippen LogP contribution in [-0.2, 0) is 18.9 Å². The van der Waals surface area contributed by atoms with E-state index >= 15 is 0 Å². The van der Waals surface area contributed by atoms with Crippen LogP contribution in [0.1, 0.15) is 25.6 Å². The van der Waals surface area contributed by atoms with Crippen molar-refractivity contribution in [2.24, 2.45) is 0 Å². The molecule has 0 aromatic carbocycles. The third-order valence-electron chi connectivity index (χ3n) is 3.07. The van der Waals surface area contributed by atoms with Crippen molar-refractivity contribution in [1.82, 2.24) is 10.2 Å². The van der Waals surface area contributed by atoms with E-state index in [0.717, 1.165) is 5.69 Å². The molecule has 2 saturated heterocycles. The summed E-state index contributed by atoms with van der Waals surface area (Å²) in [6.07, 6.45) is 0.678. The van der Waals surface area contributed by atoms with Crippen molar-refractivity contribution in [2.75, 3.05) is 7.11 Å². The number of methoxy groups -OCH3 is 1. The molecule has 94 valence electrons. The smallest absolute Gasteiger partial charge is 0.187 e. The van der Waals surface area contributed by atoms with Crippen molar-refractivity contribution in [2.45, 2.75) is 44.2 Å². The molecule has 0 bridgehead atoms. The van der Waals surface area contributed by atoms with Crippen LogP contribution in [-0.4, -0.2) is 41.6 Å². The molecule has 6 heteroatoms. The molecule has 0 amide bonds. The van der Waals surface area contributed by atoms with E-state index in [4.69, 9.17) is 18.9 Å². The lowest BCUT2D eigenvalue weighted by Gasteiger charge is -2.23. The molecule has 2 aliphatic heterocycles. The largest absolute Gasteiger partial charge is 0.353 e. The molecule has 4 atom stereocenters. The number of hydrogen-bond acceptors (Lipinski definition) is 5. The molecular weight excluding hydrogens is 224 g/mol. The molecule has 0 spiro atoms. The van der Waals surface area contributed by atoms with E-state index in [2.05, 4.69) is 10.2 Å². The second-order valence-corrected chi connectivity index (χ2v) is 4.74. The SMILES string of the molecule is COC1OC(c2ccn[nH]2)[C@H]2OC(C)(C)O[C@@H]12. The van der Waals surface area contributed by atoms with Gasteiger partial charge in [0, 0.05) is 13.3 Å². The Hall–Kier alpha value is -0.950. The lowest BCUT2D eigenvalue weighted by Crippen LogP contribution is -2.30. The van der Waals surface area contributed by atoms with E-state index in [1.807, 2.05) is 19.9 Å². The number of aromatic nitrogens is 2. The number of fused-ring (bicyclic) bond motifs is 1. The topological polar surface area (TPSA) is 65.6 Å². The summed E-state index contributed by atoms with van der Waals surface area (Å²) >= 11 is 0. The number of nitrogens with one attached hydrogen (secondary N) is 1. The van der Waals surface area contributed by atoms with Crippen LogP contribution in [0.4, 0.5) is 0 Å². The highest BCUT2D eigenvalue weighted by Crippen LogP contribution is 2.44. The fourth-order valence-corrected chi connectivity index (χ4v) is 2.43. The number of H-pyrrole nitrogens is 1. The van der Waals surface area contributed by atoms with Gasteiger partial charge in [-0.2, -0.15) is 5.10 Å². The highest BCUT2D eigenvalue weighted by atomic mass is 16.8. The standard InChI is InChI=1S/C11H16N2O4/c1-11(2)16-8-7(6-4-5-12-13-6)15-10(14-3)9(8)17-11/h4-5,7-10H,1-3H3,(H,12,13)/t7?,8-,9-,10?/m1/s1. The zero-order valence-corrected chi connectivity index (χ0v) is 10.0. The highest BCUT2D eigenvalue weighted by Gasteiger charge is 2.56. The van der Waals surface area contributed by atoms with Crippen LogP contribution in [0.5, 0.6) is 0 Å². The molecule has 0 radical (unpaired) electrons. The molecule has 6 nitrogen and oxygen atoms in total. The predicted molar refractivity (Wildman–Crippen MR) is 57.0 cm³/mol. The minimum Gasteiger partial charge on any atom is -0.353 e. The quantitative estimate of drug-likeness (QED) is 0.834. The third kappa shape index (κ3) is 1.77. The first-order chi connectivity index (χ1) is 8.11. The van der Waals surface area contributed by atoms with Gasteiger partial charge in [0.25, 0.3) is 0 Å². The zero-order chi connectivity index (χ0) is 12.0. The zero-order valence-electron chi connectivity index (χ0n) is 10.0. The minimum atomic E-state index is -0.603. The van der Waals surface area contributed by atoms with Gasteiger partial charge in [-0.3, -0.25) is 5.10 Å². The van der Waals surface area contributed by atoms with Crippen LogP contribution in [0, 0.1) is 0 Å². The van der Waals surface area contributed by atoms with Crippen LogP contribution in [0.15, 0.2) is 12.3 Å². The summed E-state index contributed by atoms with van der Waals surface area (Å²) < 4.78 is 22.7. The Morgan fingerprint density at radius 2 is 2.12 bits per heavy atom. The predicted octanol–water partition coefficient (Wildman–Crippen LogP) is 0.974. The fourth-order valence-electron chi connectivity index (χ4n) is 2.43. The molecule has 3 rings (SSSR count). The van der Waals surface area contributed by atoms with Crippen LogP contribution < -0.4 is 0 Å². The summed E-state index contributed by atoms with van der Waals surface area (Å²) in [7, 11) is 1.60. The van der Waals surface area contributed by atoms with Crippen LogP contribution in [0.3, 0.4) is 0 Å². The Bertz CT molecular complexity index is 392. The summed E-state index contributed by atoms with van der Waals surface area (Å²) in [6, 6.07) is 1.87. The summed E-state index contributed by atoms with van der Waals surface area (Å²) in [5, 5.41) is 6.82. The van der Waals surface area contributed by atoms with Crippen molar-refractivity contribution in [3.05, 3.63) is 18.0 Å². The fraction of sp³-hybridized carbons (Fsp3) is 0.727.